The van der Waals surface area contributed by atoms with Crippen LogP contribution in [0.2, 0.25) is 0 Å². The van der Waals surface area contributed by atoms with Crippen molar-refractivity contribution in [1.29, 1.82) is 0 Å². The minimum Gasteiger partial charge on any atom is -0.384 e. The van der Waals surface area contributed by atoms with Gasteiger partial charge in [0, 0.05) is 38.1 Å². The summed E-state index contributed by atoms with van der Waals surface area (Å²) in [4.78, 5) is 20.4. The fourth-order valence-electron chi connectivity index (χ4n) is 2.16. The predicted molar refractivity (Wildman–Crippen MR) is 76.4 cm³/mol. The molecular weight excluding hydrogens is 240 g/mol. The minimum absolute atomic E-state index is 0.0498. The summed E-state index contributed by atoms with van der Waals surface area (Å²) in [6.07, 6.45) is 3.90. The lowest BCUT2D eigenvalue weighted by Gasteiger charge is -2.15. The van der Waals surface area contributed by atoms with Crippen LogP contribution in [0.4, 0.5) is 5.69 Å². The van der Waals surface area contributed by atoms with E-state index in [0.29, 0.717) is 5.69 Å². The number of likely N-dealkylation sites (N-methyl/N-ethyl adjacent to an activating group) is 1. The van der Waals surface area contributed by atoms with Crippen LogP contribution in [0.15, 0.2) is 18.3 Å². The average Bonchev–Trinajstić information content (AvgIpc) is 2.91. The van der Waals surface area contributed by atoms with E-state index in [-0.39, 0.29) is 5.91 Å². The fraction of sp³-hybridized carbons (Fsp3) is 0.571. The number of pyridine rings is 1. The smallest absolute Gasteiger partial charge is 0.272 e. The maximum absolute atomic E-state index is 12.2. The highest BCUT2D eigenvalue weighted by atomic mass is 16.2. The van der Waals surface area contributed by atoms with Crippen molar-refractivity contribution in [2.24, 2.45) is 0 Å². The molecule has 0 atom stereocenters. The molecule has 0 radical (unpaired) electrons. The Kier molecular flexibility index (Phi) is 4.74. The monoisotopic (exact) mass is 262 g/mol. The number of likely N-dealkylation sites (tertiary alicyclic amines) is 1. The quantitative estimate of drug-likeness (QED) is 0.868. The van der Waals surface area contributed by atoms with Gasteiger partial charge in [-0.05, 0) is 39.1 Å². The molecule has 1 amide bonds. The molecule has 0 saturated carbocycles. The molecule has 5 nitrogen and oxygen atoms in total. The van der Waals surface area contributed by atoms with Crippen LogP contribution in [0.1, 0.15) is 23.3 Å². The highest BCUT2D eigenvalue weighted by Crippen LogP contribution is 2.14. The lowest BCUT2D eigenvalue weighted by molar-refractivity contribution is 0.0787. The van der Waals surface area contributed by atoms with Gasteiger partial charge < -0.3 is 15.1 Å². The number of hydrogen-bond acceptors (Lipinski definition) is 4. The third-order valence-corrected chi connectivity index (χ3v) is 3.26. The largest absolute Gasteiger partial charge is 0.384 e. The van der Waals surface area contributed by atoms with E-state index in [2.05, 4.69) is 15.2 Å². The molecule has 2 heterocycles. The van der Waals surface area contributed by atoms with Crippen LogP contribution in [-0.4, -0.2) is 61.0 Å². The molecule has 5 heteroatoms. The Morgan fingerprint density at radius 3 is 2.84 bits per heavy atom. The number of amides is 1. The van der Waals surface area contributed by atoms with Crippen molar-refractivity contribution in [3.05, 3.63) is 24.0 Å². The lowest BCUT2D eigenvalue weighted by atomic mass is 10.3. The van der Waals surface area contributed by atoms with Crippen LogP contribution in [0.3, 0.4) is 0 Å². The molecule has 1 aliphatic heterocycles. The second-order valence-electron chi connectivity index (χ2n) is 5.16. The Hall–Kier alpha value is -1.62. The Bertz CT molecular complexity index is 427. The highest BCUT2D eigenvalue weighted by molar-refractivity contribution is 5.93. The van der Waals surface area contributed by atoms with E-state index in [9.17, 15) is 4.79 Å². The number of hydrogen-bond donors (Lipinski definition) is 1. The zero-order valence-corrected chi connectivity index (χ0v) is 11.7. The summed E-state index contributed by atoms with van der Waals surface area (Å²) in [6, 6.07) is 3.74. The molecular formula is C14H22N4O. The van der Waals surface area contributed by atoms with Crippen LogP contribution in [0.5, 0.6) is 0 Å². The summed E-state index contributed by atoms with van der Waals surface area (Å²) >= 11 is 0. The Balaban J connectivity index is 1.96. The van der Waals surface area contributed by atoms with Gasteiger partial charge in [-0.2, -0.15) is 0 Å². The first kappa shape index (κ1) is 13.8. The summed E-state index contributed by atoms with van der Waals surface area (Å²) in [7, 11) is 4.08. The molecule has 1 aromatic rings. The van der Waals surface area contributed by atoms with Crippen molar-refractivity contribution in [3.8, 4) is 0 Å². The normalized spacial score (nSPS) is 15.0. The first-order valence-corrected chi connectivity index (χ1v) is 6.81. The van der Waals surface area contributed by atoms with Gasteiger partial charge in [0.05, 0.1) is 0 Å². The number of anilines is 1. The number of nitrogens with zero attached hydrogens (tertiary/aromatic N) is 3. The summed E-state index contributed by atoms with van der Waals surface area (Å²) in [5.41, 5.74) is 1.50. The molecule has 0 bridgehead atoms. The van der Waals surface area contributed by atoms with E-state index < -0.39 is 0 Å². The number of rotatable bonds is 5. The van der Waals surface area contributed by atoms with Gasteiger partial charge in [0.25, 0.3) is 5.91 Å². The SMILES string of the molecule is CN(C)CCNc1ccnc(C(=O)N2CCCC2)c1. The molecule has 1 fully saturated rings. The summed E-state index contributed by atoms with van der Waals surface area (Å²) < 4.78 is 0. The van der Waals surface area contributed by atoms with E-state index in [1.54, 1.807) is 6.20 Å². The lowest BCUT2D eigenvalue weighted by Crippen LogP contribution is -2.28. The Morgan fingerprint density at radius 2 is 2.16 bits per heavy atom. The van der Waals surface area contributed by atoms with Crippen molar-refractivity contribution in [3.63, 3.8) is 0 Å². The Labute approximate surface area is 114 Å². The van der Waals surface area contributed by atoms with Crippen molar-refractivity contribution >= 4 is 11.6 Å². The molecule has 1 aromatic heterocycles. The van der Waals surface area contributed by atoms with E-state index in [0.717, 1.165) is 44.7 Å². The molecule has 2 rings (SSSR count). The fourth-order valence-corrected chi connectivity index (χ4v) is 2.16. The third kappa shape index (κ3) is 3.92. The second-order valence-corrected chi connectivity index (χ2v) is 5.16. The van der Waals surface area contributed by atoms with Gasteiger partial charge in [-0.25, -0.2) is 0 Å². The first-order valence-electron chi connectivity index (χ1n) is 6.81. The third-order valence-electron chi connectivity index (χ3n) is 3.26. The van der Waals surface area contributed by atoms with Crippen molar-refractivity contribution in [2.45, 2.75) is 12.8 Å². The molecule has 0 unspecified atom stereocenters. The Morgan fingerprint density at radius 1 is 1.42 bits per heavy atom. The van der Waals surface area contributed by atoms with Crippen LogP contribution in [-0.2, 0) is 0 Å². The molecule has 104 valence electrons. The van der Waals surface area contributed by atoms with Gasteiger partial charge in [-0.1, -0.05) is 0 Å². The van der Waals surface area contributed by atoms with Crippen molar-refractivity contribution in [2.75, 3.05) is 45.6 Å². The highest BCUT2D eigenvalue weighted by Gasteiger charge is 2.20. The van der Waals surface area contributed by atoms with Crippen LogP contribution in [0.25, 0.3) is 0 Å². The standard InChI is InChI=1S/C14H22N4O/c1-17(2)10-7-15-12-5-6-16-13(11-12)14(19)18-8-3-4-9-18/h5-6,11H,3-4,7-10H2,1-2H3,(H,15,16). The first-order chi connectivity index (χ1) is 9.16. The van der Waals surface area contributed by atoms with Gasteiger partial charge in [-0.15, -0.1) is 0 Å². The summed E-state index contributed by atoms with van der Waals surface area (Å²) in [5, 5.41) is 3.31. The number of nitrogens with one attached hydrogen (secondary N) is 1. The van der Waals surface area contributed by atoms with Crippen molar-refractivity contribution in [1.82, 2.24) is 14.8 Å². The van der Waals surface area contributed by atoms with Crippen LogP contribution < -0.4 is 5.32 Å². The topological polar surface area (TPSA) is 48.5 Å². The zero-order chi connectivity index (χ0) is 13.7. The summed E-state index contributed by atoms with van der Waals surface area (Å²) in [5.74, 6) is 0.0498. The van der Waals surface area contributed by atoms with Gasteiger partial charge >= 0.3 is 0 Å². The van der Waals surface area contributed by atoms with E-state index in [4.69, 9.17) is 0 Å². The maximum atomic E-state index is 12.2. The minimum atomic E-state index is 0.0498. The van der Waals surface area contributed by atoms with Crippen LogP contribution >= 0.6 is 0 Å². The summed E-state index contributed by atoms with van der Waals surface area (Å²) in [6.45, 7) is 3.53. The molecule has 1 N–H and O–H groups in total. The number of aromatic nitrogens is 1. The van der Waals surface area contributed by atoms with Crippen LogP contribution in [0, 0.1) is 0 Å². The van der Waals surface area contributed by atoms with E-state index in [1.807, 2.05) is 31.1 Å². The molecule has 0 spiro atoms. The number of carbonyl (C=O) groups excluding carboxylic acids is 1. The molecule has 1 aliphatic rings. The van der Waals surface area contributed by atoms with Gasteiger partial charge in [0.1, 0.15) is 5.69 Å². The second kappa shape index (κ2) is 6.52. The maximum Gasteiger partial charge on any atom is 0.272 e. The van der Waals surface area contributed by atoms with Crippen molar-refractivity contribution < 1.29 is 4.79 Å². The molecule has 0 aromatic carbocycles. The van der Waals surface area contributed by atoms with Gasteiger partial charge in [0.15, 0.2) is 0 Å². The zero-order valence-electron chi connectivity index (χ0n) is 11.7. The molecule has 0 aliphatic carbocycles. The van der Waals surface area contributed by atoms with E-state index >= 15 is 0 Å². The van der Waals surface area contributed by atoms with Gasteiger partial charge in [0.2, 0.25) is 0 Å². The predicted octanol–water partition coefficient (Wildman–Crippen LogP) is 1.29. The number of carbonyl (C=O) groups is 1. The average molecular weight is 262 g/mol. The molecule has 19 heavy (non-hydrogen) atoms. The van der Waals surface area contributed by atoms with Gasteiger partial charge in [-0.3, -0.25) is 9.78 Å². The van der Waals surface area contributed by atoms with E-state index in [1.165, 1.54) is 0 Å². The molecule has 1 saturated heterocycles.